The highest BCUT2D eigenvalue weighted by molar-refractivity contribution is 7.91. The molecule has 2 aromatic heterocycles. The number of anilines is 1. The molecule has 7 nitrogen and oxygen atoms in total. The van der Waals surface area contributed by atoms with Crippen LogP contribution in [0.25, 0.3) is 10.2 Å². The lowest BCUT2D eigenvalue weighted by Crippen LogP contribution is -2.46. The summed E-state index contributed by atoms with van der Waals surface area (Å²) in [4.78, 5) is 17.1. The summed E-state index contributed by atoms with van der Waals surface area (Å²) in [5.74, 6) is 0.0122. The lowest BCUT2D eigenvalue weighted by Gasteiger charge is -2.20. The first-order valence-electron chi connectivity index (χ1n) is 8.11. The third kappa shape index (κ3) is 4.46. The number of nitrogens with zero attached hydrogens (tertiary/aromatic N) is 1. The summed E-state index contributed by atoms with van der Waals surface area (Å²) < 4.78 is 33.7. The first kappa shape index (κ1) is 19.7. The summed E-state index contributed by atoms with van der Waals surface area (Å²) in [6.07, 6.45) is 0. The monoisotopic (exact) mass is 425 g/mol. The number of rotatable bonds is 7. The smallest absolute Gasteiger partial charge is 0.250 e. The van der Waals surface area contributed by atoms with E-state index in [-0.39, 0.29) is 10.1 Å². The van der Waals surface area contributed by atoms with Crippen LogP contribution in [-0.2, 0) is 14.8 Å². The molecule has 3 rings (SSSR count). The number of aromatic nitrogens is 1. The Kier molecular flexibility index (Phi) is 5.80. The molecular formula is C17H19N3O4S3. The highest BCUT2D eigenvalue weighted by atomic mass is 32.2. The first-order chi connectivity index (χ1) is 12.8. The molecule has 0 saturated carbocycles. The van der Waals surface area contributed by atoms with Crippen LogP contribution in [0.3, 0.4) is 0 Å². The second kappa shape index (κ2) is 7.93. The van der Waals surface area contributed by atoms with Crippen molar-refractivity contribution < 1.29 is 17.9 Å². The van der Waals surface area contributed by atoms with Crippen LogP contribution in [0.2, 0.25) is 0 Å². The van der Waals surface area contributed by atoms with Gasteiger partial charge in [0.1, 0.15) is 16.0 Å². The van der Waals surface area contributed by atoms with Gasteiger partial charge in [-0.1, -0.05) is 31.3 Å². The maximum absolute atomic E-state index is 12.7. The number of ether oxygens (including phenoxy) is 1. The van der Waals surface area contributed by atoms with Gasteiger partial charge in [-0.3, -0.25) is 4.79 Å². The molecule has 2 N–H and O–H groups in total. The Labute approximate surface area is 165 Å². The van der Waals surface area contributed by atoms with Crippen LogP contribution < -0.4 is 14.8 Å². The normalized spacial score (nSPS) is 13.0. The van der Waals surface area contributed by atoms with Crippen molar-refractivity contribution in [3.8, 4) is 5.75 Å². The lowest BCUT2D eigenvalue weighted by atomic mass is 10.1. The maximum atomic E-state index is 12.7. The molecule has 0 spiro atoms. The minimum absolute atomic E-state index is 0.174. The highest BCUT2D eigenvalue weighted by Crippen LogP contribution is 2.29. The van der Waals surface area contributed by atoms with Gasteiger partial charge in [0.15, 0.2) is 5.13 Å². The number of methoxy groups -OCH3 is 1. The fraction of sp³-hybridized carbons (Fsp3) is 0.294. The molecule has 0 aliphatic heterocycles. The molecule has 1 aromatic carbocycles. The summed E-state index contributed by atoms with van der Waals surface area (Å²) in [7, 11) is -2.18. The molecule has 0 saturated heterocycles. The lowest BCUT2D eigenvalue weighted by molar-refractivity contribution is -0.118. The molecule has 10 heteroatoms. The van der Waals surface area contributed by atoms with Gasteiger partial charge < -0.3 is 10.1 Å². The Morgan fingerprint density at radius 2 is 2.04 bits per heavy atom. The molecule has 0 unspecified atom stereocenters. The summed E-state index contributed by atoms with van der Waals surface area (Å²) in [5.41, 5.74) is 0.733. The van der Waals surface area contributed by atoms with E-state index in [1.807, 2.05) is 6.07 Å². The number of amides is 1. The molecular weight excluding hydrogens is 406 g/mol. The van der Waals surface area contributed by atoms with Crippen molar-refractivity contribution in [1.82, 2.24) is 9.71 Å². The predicted molar refractivity (Wildman–Crippen MR) is 108 cm³/mol. The largest absolute Gasteiger partial charge is 0.497 e. The molecule has 0 aliphatic rings. The number of sulfonamides is 1. The van der Waals surface area contributed by atoms with Crippen molar-refractivity contribution in [2.24, 2.45) is 5.92 Å². The van der Waals surface area contributed by atoms with Gasteiger partial charge in [0.2, 0.25) is 5.91 Å². The number of hydrogen-bond donors (Lipinski definition) is 2. The zero-order valence-electron chi connectivity index (χ0n) is 14.9. The third-order valence-electron chi connectivity index (χ3n) is 3.82. The number of carbonyl (C=O) groups is 1. The van der Waals surface area contributed by atoms with Crippen LogP contribution in [0.15, 0.2) is 39.9 Å². The van der Waals surface area contributed by atoms with Crippen LogP contribution in [-0.4, -0.2) is 32.5 Å². The van der Waals surface area contributed by atoms with Crippen molar-refractivity contribution in [2.75, 3.05) is 12.4 Å². The van der Waals surface area contributed by atoms with Crippen molar-refractivity contribution in [1.29, 1.82) is 0 Å². The fourth-order valence-corrected chi connectivity index (χ4v) is 5.65. The second-order valence-corrected chi connectivity index (χ2v) is 10.0. The fourth-order valence-electron chi connectivity index (χ4n) is 2.40. The number of thiophene rings is 1. The Hall–Kier alpha value is -2.01. The van der Waals surface area contributed by atoms with E-state index in [4.69, 9.17) is 4.74 Å². The summed E-state index contributed by atoms with van der Waals surface area (Å²) >= 11 is 2.40. The average molecular weight is 426 g/mol. The highest BCUT2D eigenvalue weighted by Gasteiger charge is 2.29. The zero-order valence-corrected chi connectivity index (χ0v) is 17.4. The number of hydrogen-bond acceptors (Lipinski definition) is 7. The van der Waals surface area contributed by atoms with E-state index < -0.39 is 22.0 Å². The maximum Gasteiger partial charge on any atom is 0.250 e. The number of benzene rings is 1. The van der Waals surface area contributed by atoms with Gasteiger partial charge in [-0.15, -0.1) is 11.3 Å². The number of thiazole rings is 1. The number of fused-ring (bicyclic) bond motifs is 1. The van der Waals surface area contributed by atoms with Gasteiger partial charge in [-0.25, -0.2) is 13.4 Å². The van der Waals surface area contributed by atoms with Crippen LogP contribution in [0.5, 0.6) is 5.75 Å². The average Bonchev–Trinajstić information content (AvgIpc) is 3.28. The second-order valence-electron chi connectivity index (χ2n) is 6.12. The van der Waals surface area contributed by atoms with Gasteiger partial charge in [0, 0.05) is 0 Å². The van der Waals surface area contributed by atoms with E-state index in [1.54, 1.807) is 44.5 Å². The molecule has 0 radical (unpaired) electrons. The molecule has 3 aromatic rings. The van der Waals surface area contributed by atoms with Gasteiger partial charge >= 0.3 is 0 Å². The standard InChI is InChI=1S/C17H19N3O4S3/c1-10(2)15(20-27(22,23)14-5-4-8-25-14)16(21)19-17-18-12-7-6-11(24-3)9-13(12)26-17/h4-10,15,20H,1-3H3,(H,18,19,21)/t15-/m1/s1. The van der Waals surface area contributed by atoms with E-state index >= 15 is 0 Å². The molecule has 27 heavy (non-hydrogen) atoms. The van der Waals surface area contributed by atoms with Crippen molar-refractivity contribution in [3.05, 3.63) is 35.7 Å². The van der Waals surface area contributed by atoms with Crippen LogP contribution >= 0.6 is 22.7 Å². The van der Waals surface area contributed by atoms with E-state index in [1.165, 1.54) is 17.4 Å². The third-order valence-corrected chi connectivity index (χ3v) is 7.59. The molecule has 0 aliphatic carbocycles. The van der Waals surface area contributed by atoms with Crippen molar-refractivity contribution in [2.45, 2.75) is 24.1 Å². The van der Waals surface area contributed by atoms with Gasteiger partial charge in [-0.2, -0.15) is 4.72 Å². The van der Waals surface area contributed by atoms with Crippen molar-refractivity contribution >= 4 is 54.0 Å². The number of nitrogens with one attached hydrogen (secondary N) is 2. The van der Waals surface area contributed by atoms with E-state index in [0.717, 1.165) is 21.6 Å². The molecule has 2 heterocycles. The molecule has 0 bridgehead atoms. The summed E-state index contributed by atoms with van der Waals surface area (Å²) in [6.45, 7) is 3.56. The quantitative estimate of drug-likeness (QED) is 0.605. The molecule has 1 amide bonds. The number of carbonyl (C=O) groups excluding carboxylic acids is 1. The molecule has 1 atom stereocenters. The Balaban J connectivity index is 1.79. The summed E-state index contributed by atoms with van der Waals surface area (Å²) in [6, 6.07) is 7.67. The topological polar surface area (TPSA) is 97.4 Å². The Morgan fingerprint density at radius 1 is 1.26 bits per heavy atom. The Bertz CT molecular complexity index is 1040. The minimum Gasteiger partial charge on any atom is -0.497 e. The van der Waals surface area contributed by atoms with Gasteiger partial charge in [-0.05, 0) is 35.6 Å². The van der Waals surface area contributed by atoms with Crippen LogP contribution in [0, 0.1) is 5.92 Å². The summed E-state index contributed by atoms with van der Waals surface area (Å²) in [5, 5.41) is 4.80. The molecule has 0 fully saturated rings. The van der Waals surface area contributed by atoms with Crippen LogP contribution in [0.4, 0.5) is 5.13 Å². The SMILES string of the molecule is COc1ccc2nc(NC(=O)[C@H](NS(=O)(=O)c3cccs3)C(C)C)sc2c1. The van der Waals surface area contributed by atoms with Gasteiger partial charge in [0.05, 0.1) is 17.3 Å². The zero-order chi connectivity index (χ0) is 19.6. The first-order valence-corrected chi connectivity index (χ1v) is 11.3. The minimum atomic E-state index is -3.76. The van der Waals surface area contributed by atoms with E-state index in [0.29, 0.717) is 10.9 Å². The predicted octanol–water partition coefficient (Wildman–Crippen LogP) is 3.31. The van der Waals surface area contributed by atoms with E-state index in [9.17, 15) is 13.2 Å². The van der Waals surface area contributed by atoms with Crippen LogP contribution in [0.1, 0.15) is 13.8 Å². The Morgan fingerprint density at radius 3 is 2.67 bits per heavy atom. The van der Waals surface area contributed by atoms with E-state index in [2.05, 4.69) is 15.0 Å². The van der Waals surface area contributed by atoms with Crippen molar-refractivity contribution in [3.63, 3.8) is 0 Å². The van der Waals surface area contributed by atoms with Gasteiger partial charge in [0.25, 0.3) is 10.0 Å². The molecule has 144 valence electrons.